The summed E-state index contributed by atoms with van der Waals surface area (Å²) in [5, 5.41) is 0. The van der Waals surface area contributed by atoms with Gasteiger partial charge in [-0.05, 0) is 37.1 Å². The van der Waals surface area contributed by atoms with E-state index in [-0.39, 0.29) is 5.78 Å². The average molecular weight is 270 g/mol. The van der Waals surface area contributed by atoms with Gasteiger partial charge in [-0.25, -0.2) is 0 Å². The lowest BCUT2D eigenvalue weighted by atomic mass is 10.0. The molecule has 0 radical (unpaired) electrons. The van der Waals surface area contributed by atoms with Gasteiger partial charge in [-0.1, -0.05) is 12.1 Å². The Kier molecular flexibility index (Phi) is 4.71. The van der Waals surface area contributed by atoms with E-state index >= 15 is 0 Å². The van der Waals surface area contributed by atoms with Crippen LogP contribution in [-0.4, -0.2) is 17.4 Å². The van der Waals surface area contributed by atoms with Gasteiger partial charge in [0.15, 0.2) is 5.78 Å². The van der Waals surface area contributed by atoms with E-state index in [0.717, 1.165) is 11.3 Å². The van der Waals surface area contributed by atoms with Crippen molar-refractivity contribution in [3.63, 3.8) is 0 Å². The molecule has 20 heavy (non-hydrogen) atoms. The van der Waals surface area contributed by atoms with E-state index in [0.29, 0.717) is 30.8 Å². The van der Waals surface area contributed by atoms with Crippen molar-refractivity contribution < 1.29 is 9.53 Å². The number of ether oxygens (including phenoxy) is 1. The molecule has 2 N–H and O–H groups in total. The molecule has 104 valence electrons. The van der Waals surface area contributed by atoms with Crippen LogP contribution in [0.4, 0.5) is 5.69 Å². The Hall–Kier alpha value is -2.36. The van der Waals surface area contributed by atoms with Gasteiger partial charge in [-0.15, -0.1) is 0 Å². The Morgan fingerprint density at radius 1 is 1.25 bits per heavy atom. The first kappa shape index (κ1) is 14.1. The van der Waals surface area contributed by atoms with Gasteiger partial charge < -0.3 is 10.5 Å². The van der Waals surface area contributed by atoms with Gasteiger partial charge in [0.1, 0.15) is 5.75 Å². The summed E-state index contributed by atoms with van der Waals surface area (Å²) in [7, 11) is 0. The fourth-order valence-electron chi connectivity index (χ4n) is 1.90. The second kappa shape index (κ2) is 6.70. The average Bonchev–Trinajstić information content (AvgIpc) is 2.47. The van der Waals surface area contributed by atoms with Crippen molar-refractivity contribution in [3.8, 4) is 5.75 Å². The third-order valence-electron chi connectivity index (χ3n) is 2.97. The summed E-state index contributed by atoms with van der Waals surface area (Å²) in [6, 6.07) is 9.31. The minimum absolute atomic E-state index is 0.0656. The lowest BCUT2D eigenvalue weighted by Gasteiger charge is -2.05. The van der Waals surface area contributed by atoms with E-state index < -0.39 is 0 Å². The molecule has 0 saturated carbocycles. The van der Waals surface area contributed by atoms with E-state index in [1.165, 1.54) is 0 Å². The monoisotopic (exact) mass is 270 g/mol. The summed E-state index contributed by atoms with van der Waals surface area (Å²) >= 11 is 0. The third kappa shape index (κ3) is 3.82. The molecule has 1 aromatic heterocycles. The number of hydrogen-bond acceptors (Lipinski definition) is 4. The number of aromatic nitrogens is 1. The smallest absolute Gasteiger partial charge is 0.164 e. The van der Waals surface area contributed by atoms with Gasteiger partial charge in [0.25, 0.3) is 0 Å². The maximum Gasteiger partial charge on any atom is 0.164 e. The Morgan fingerprint density at radius 3 is 2.70 bits per heavy atom. The van der Waals surface area contributed by atoms with Gasteiger partial charge in [0.05, 0.1) is 12.8 Å². The van der Waals surface area contributed by atoms with Crippen molar-refractivity contribution in [1.82, 2.24) is 4.98 Å². The third-order valence-corrected chi connectivity index (χ3v) is 2.97. The van der Waals surface area contributed by atoms with Crippen LogP contribution in [-0.2, 0) is 6.42 Å². The number of rotatable bonds is 6. The Bertz CT molecular complexity index is 579. The standard InChI is InChI=1S/C16H18N2O2/c1-2-20-15-9-13(10-18-11-15)16(19)8-5-12-3-6-14(17)7-4-12/h3-4,6-7,9-11H,2,5,8,17H2,1H3. The number of nitrogens with two attached hydrogens (primary N) is 1. The van der Waals surface area contributed by atoms with Gasteiger partial charge in [-0.3, -0.25) is 9.78 Å². The molecule has 0 amide bonds. The van der Waals surface area contributed by atoms with Crippen LogP contribution in [0.15, 0.2) is 42.7 Å². The van der Waals surface area contributed by atoms with E-state index in [1.807, 2.05) is 31.2 Å². The molecule has 2 aromatic rings. The second-order valence-electron chi connectivity index (χ2n) is 4.51. The predicted octanol–water partition coefficient (Wildman–Crippen LogP) is 2.88. The van der Waals surface area contributed by atoms with Crippen molar-refractivity contribution in [3.05, 3.63) is 53.9 Å². The first-order valence-corrected chi connectivity index (χ1v) is 6.64. The number of ketones is 1. The SMILES string of the molecule is CCOc1cncc(C(=O)CCc2ccc(N)cc2)c1. The molecule has 4 heteroatoms. The summed E-state index contributed by atoms with van der Waals surface area (Å²) in [5.41, 5.74) is 8.05. The number of nitrogen functional groups attached to an aromatic ring is 1. The van der Waals surface area contributed by atoms with Crippen LogP contribution in [0.3, 0.4) is 0 Å². The van der Waals surface area contributed by atoms with Crippen molar-refractivity contribution in [1.29, 1.82) is 0 Å². The van der Waals surface area contributed by atoms with Crippen LogP contribution in [0, 0.1) is 0 Å². The maximum atomic E-state index is 12.1. The van der Waals surface area contributed by atoms with Crippen LogP contribution in [0.5, 0.6) is 5.75 Å². The fourth-order valence-corrected chi connectivity index (χ4v) is 1.90. The topological polar surface area (TPSA) is 65.2 Å². The zero-order chi connectivity index (χ0) is 14.4. The van der Waals surface area contributed by atoms with Gasteiger partial charge in [0.2, 0.25) is 0 Å². The quantitative estimate of drug-likeness (QED) is 0.647. The first-order valence-electron chi connectivity index (χ1n) is 6.64. The van der Waals surface area contributed by atoms with Crippen LogP contribution in [0.25, 0.3) is 0 Å². The molecule has 0 saturated heterocycles. The van der Waals surface area contributed by atoms with Crippen molar-refractivity contribution >= 4 is 11.5 Å². The maximum absolute atomic E-state index is 12.1. The van der Waals surface area contributed by atoms with Crippen molar-refractivity contribution in [2.24, 2.45) is 0 Å². The Morgan fingerprint density at radius 2 is 2.00 bits per heavy atom. The first-order chi connectivity index (χ1) is 9.69. The molecule has 0 unspecified atom stereocenters. The molecular formula is C16H18N2O2. The van der Waals surface area contributed by atoms with Gasteiger partial charge in [-0.2, -0.15) is 0 Å². The zero-order valence-electron chi connectivity index (χ0n) is 11.5. The highest BCUT2D eigenvalue weighted by Gasteiger charge is 2.08. The number of aryl methyl sites for hydroxylation is 1. The molecule has 2 rings (SSSR count). The predicted molar refractivity (Wildman–Crippen MR) is 78.9 cm³/mol. The number of carbonyl (C=O) groups excluding carboxylic acids is 1. The summed E-state index contributed by atoms with van der Waals surface area (Å²) in [6.45, 7) is 2.46. The number of hydrogen-bond donors (Lipinski definition) is 1. The lowest BCUT2D eigenvalue weighted by Crippen LogP contribution is -2.03. The highest BCUT2D eigenvalue weighted by atomic mass is 16.5. The van der Waals surface area contributed by atoms with E-state index in [9.17, 15) is 4.79 Å². The van der Waals surface area contributed by atoms with Crippen LogP contribution >= 0.6 is 0 Å². The molecule has 1 aromatic carbocycles. The summed E-state index contributed by atoms with van der Waals surface area (Å²) < 4.78 is 5.34. The molecule has 0 aliphatic rings. The number of Topliss-reactive ketones (excluding diaryl/α,β-unsaturated/α-hetero) is 1. The molecule has 0 fully saturated rings. The zero-order valence-corrected chi connectivity index (χ0v) is 11.5. The Balaban J connectivity index is 1.97. The molecule has 0 spiro atoms. The molecule has 1 heterocycles. The number of benzene rings is 1. The normalized spacial score (nSPS) is 10.2. The van der Waals surface area contributed by atoms with Crippen molar-refractivity contribution in [2.75, 3.05) is 12.3 Å². The fraction of sp³-hybridized carbons (Fsp3) is 0.250. The van der Waals surface area contributed by atoms with E-state index in [4.69, 9.17) is 10.5 Å². The van der Waals surface area contributed by atoms with Crippen molar-refractivity contribution in [2.45, 2.75) is 19.8 Å². The van der Waals surface area contributed by atoms with Gasteiger partial charge >= 0.3 is 0 Å². The van der Waals surface area contributed by atoms with Gasteiger partial charge in [0, 0.05) is 23.9 Å². The van der Waals surface area contributed by atoms with E-state index in [1.54, 1.807) is 18.5 Å². The molecule has 0 aliphatic heterocycles. The minimum Gasteiger partial charge on any atom is -0.492 e. The number of anilines is 1. The molecule has 0 atom stereocenters. The number of nitrogens with zero attached hydrogens (tertiary/aromatic N) is 1. The number of carbonyl (C=O) groups is 1. The highest BCUT2D eigenvalue weighted by Crippen LogP contribution is 2.14. The summed E-state index contributed by atoms with van der Waals surface area (Å²) in [5.74, 6) is 0.696. The largest absolute Gasteiger partial charge is 0.492 e. The summed E-state index contributed by atoms with van der Waals surface area (Å²) in [4.78, 5) is 16.1. The Labute approximate surface area is 118 Å². The molecule has 0 aliphatic carbocycles. The van der Waals surface area contributed by atoms with Crippen LogP contribution in [0.1, 0.15) is 29.3 Å². The molecule has 4 nitrogen and oxygen atoms in total. The van der Waals surface area contributed by atoms with Crippen LogP contribution in [0.2, 0.25) is 0 Å². The molecular weight excluding hydrogens is 252 g/mol. The van der Waals surface area contributed by atoms with Crippen LogP contribution < -0.4 is 10.5 Å². The van der Waals surface area contributed by atoms with E-state index in [2.05, 4.69) is 4.98 Å². The minimum atomic E-state index is 0.0656. The highest BCUT2D eigenvalue weighted by molar-refractivity contribution is 5.96. The second-order valence-corrected chi connectivity index (χ2v) is 4.51. The molecule has 0 bridgehead atoms. The number of pyridine rings is 1. The lowest BCUT2D eigenvalue weighted by molar-refractivity contribution is 0.0982. The summed E-state index contributed by atoms with van der Waals surface area (Å²) in [6.07, 6.45) is 4.33.